The van der Waals surface area contributed by atoms with Gasteiger partial charge in [0, 0.05) is 37.0 Å². The number of rotatable bonds is 7. The Balaban J connectivity index is 0.000000371. The van der Waals surface area contributed by atoms with Crippen molar-refractivity contribution in [2.75, 3.05) is 24.5 Å². The molecule has 0 radical (unpaired) electrons. The maximum atomic E-state index is 9.55. The van der Waals surface area contributed by atoms with E-state index in [1.807, 2.05) is 0 Å². The van der Waals surface area contributed by atoms with Crippen molar-refractivity contribution in [2.45, 2.75) is 58.0 Å². The number of benzene rings is 2. The summed E-state index contributed by atoms with van der Waals surface area (Å²) in [7, 11) is 0. The highest BCUT2D eigenvalue weighted by molar-refractivity contribution is 5.89. The van der Waals surface area contributed by atoms with Crippen molar-refractivity contribution in [1.82, 2.24) is 4.90 Å². The first-order valence-electron chi connectivity index (χ1n) is 12.7. The molecule has 4 rings (SSSR count). The van der Waals surface area contributed by atoms with Crippen molar-refractivity contribution < 1.29 is 19.8 Å². The highest BCUT2D eigenvalue weighted by atomic mass is 16.4. The normalized spacial score (nSPS) is 18.9. The lowest BCUT2D eigenvalue weighted by atomic mass is 9.85. The second-order valence-corrected chi connectivity index (χ2v) is 9.39. The Kier molecular flexibility index (Phi) is 10.4. The maximum absolute atomic E-state index is 9.55. The van der Waals surface area contributed by atoms with Crippen LogP contribution in [0.1, 0.15) is 50.2 Å². The molecule has 2 aliphatic heterocycles. The number of nitrogens with zero attached hydrogens (tertiary/aromatic N) is 2. The van der Waals surface area contributed by atoms with E-state index in [2.05, 4.69) is 71.3 Å². The summed E-state index contributed by atoms with van der Waals surface area (Å²) in [4.78, 5) is 24.5. The predicted molar refractivity (Wildman–Crippen MR) is 140 cm³/mol. The summed E-state index contributed by atoms with van der Waals surface area (Å²) >= 11 is 0. The molecule has 0 saturated carbocycles. The Morgan fingerprint density at radius 2 is 1.54 bits per heavy atom. The molecule has 35 heavy (non-hydrogen) atoms. The average molecular weight is 479 g/mol. The summed E-state index contributed by atoms with van der Waals surface area (Å²) in [5.74, 6) is -1.67. The molecule has 1 atom stereocenters. The minimum atomic E-state index is -1.26. The van der Waals surface area contributed by atoms with Crippen LogP contribution in [0.15, 0.2) is 66.7 Å². The van der Waals surface area contributed by atoms with Gasteiger partial charge >= 0.3 is 11.9 Å². The van der Waals surface area contributed by atoms with Crippen LogP contribution in [0.5, 0.6) is 0 Å². The summed E-state index contributed by atoms with van der Waals surface area (Å²) in [5, 5.41) is 15.6. The van der Waals surface area contributed by atoms with E-state index in [9.17, 15) is 9.59 Å². The molecule has 1 unspecified atom stereocenters. The standard InChI is InChI=1S/C25H34N2.C4H4O4/c1-2-17-27-24-13-7-6-11-22(24)12-8-14-25(27)23-15-18-26(19-16-23)20-21-9-4-3-5-10-21;5-3(6)1-2-4(7)8/h3-7,9-11,13,23,25H,2,8,12,14-20H2,1H3;1-2H,(H,5,6)(H,7,8). The van der Waals surface area contributed by atoms with Crippen molar-refractivity contribution >= 4 is 17.6 Å². The highest BCUT2D eigenvalue weighted by Crippen LogP contribution is 2.36. The van der Waals surface area contributed by atoms with Crippen molar-refractivity contribution in [1.29, 1.82) is 0 Å². The van der Waals surface area contributed by atoms with Crippen molar-refractivity contribution in [3.63, 3.8) is 0 Å². The number of fused-ring (bicyclic) bond motifs is 1. The van der Waals surface area contributed by atoms with Crippen LogP contribution in [0.4, 0.5) is 5.69 Å². The summed E-state index contributed by atoms with van der Waals surface area (Å²) in [6.45, 7) is 7.13. The van der Waals surface area contributed by atoms with E-state index in [0.29, 0.717) is 12.2 Å². The van der Waals surface area contributed by atoms with Gasteiger partial charge in [-0.25, -0.2) is 9.59 Å². The number of hydrogen-bond acceptors (Lipinski definition) is 4. The van der Waals surface area contributed by atoms with Gasteiger partial charge in [-0.15, -0.1) is 0 Å². The summed E-state index contributed by atoms with van der Waals surface area (Å²) in [5.41, 5.74) is 4.54. The molecule has 6 nitrogen and oxygen atoms in total. The van der Waals surface area contributed by atoms with E-state index in [-0.39, 0.29) is 0 Å². The fourth-order valence-electron chi connectivity index (χ4n) is 5.34. The Morgan fingerprint density at radius 1 is 0.914 bits per heavy atom. The van der Waals surface area contributed by atoms with E-state index >= 15 is 0 Å². The lowest BCUT2D eigenvalue weighted by Gasteiger charge is -2.42. The molecular weight excluding hydrogens is 440 g/mol. The molecular formula is C29H38N2O4. The number of hydrogen-bond donors (Lipinski definition) is 2. The highest BCUT2D eigenvalue weighted by Gasteiger charge is 2.32. The van der Waals surface area contributed by atoms with Crippen LogP contribution in [0.3, 0.4) is 0 Å². The fraction of sp³-hybridized carbons (Fsp3) is 0.448. The maximum Gasteiger partial charge on any atom is 0.328 e. The molecule has 2 aromatic rings. The number of aryl methyl sites for hydroxylation is 1. The Morgan fingerprint density at radius 3 is 2.17 bits per heavy atom. The molecule has 2 N–H and O–H groups in total. The van der Waals surface area contributed by atoms with Crippen molar-refractivity contribution in [3.05, 3.63) is 77.9 Å². The molecule has 2 aliphatic rings. The van der Waals surface area contributed by atoms with Crippen LogP contribution in [0.2, 0.25) is 0 Å². The summed E-state index contributed by atoms with van der Waals surface area (Å²) in [6.07, 6.45) is 8.99. The predicted octanol–water partition coefficient (Wildman–Crippen LogP) is 5.23. The topological polar surface area (TPSA) is 81.1 Å². The van der Waals surface area contributed by atoms with E-state index < -0.39 is 11.9 Å². The van der Waals surface area contributed by atoms with Gasteiger partial charge in [0.15, 0.2) is 0 Å². The van der Waals surface area contributed by atoms with Gasteiger partial charge in [-0.2, -0.15) is 0 Å². The number of carboxylic acids is 2. The van der Waals surface area contributed by atoms with Crippen LogP contribution in [-0.2, 0) is 22.6 Å². The molecule has 1 fully saturated rings. The van der Waals surface area contributed by atoms with Crippen molar-refractivity contribution in [3.8, 4) is 0 Å². The molecule has 0 aromatic heterocycles. The van der Waals surface area contributed by atoms with Gasteiger partial charge in [0.2, 0.25) is 0 Å². The van der Waals surface area contributed by atoms with Gasteiger partial charge < -0.3 is 15.1 Å². The van der Waals surface area contributed by atoms with Gasteiger partial charge in [0.25, 0.3) is 0 Å². The Hall–Kier alpha value is -3.12. The second kappa shape index (κ2) is 13.7. The lowest BCUT2D eigenvalue weighted by molar-refractivity contribution is -0.134. The third kappa shape index (κ3) is 8.25. The van der Waals surface area contributed by atoms with Gasteiger partial charge in [-0.05, 0) is 74.7 Å². The van der Waals surface area contributed by atoms with Gasteiger partial charge in [0.05, 0.1) is 0 Å². The van der Waals surface area contributed by atoms with Gasteiger partial charge in [-0.1, -0.05) is 55.5 Å². The third-order valence-corrected chi connectivity index (χ3v) is 6.91. The Labute approximate surface area is 208 Å². The minimum absolute atomic E-state index is 0.558. The number of para-hydroxylation sites is 1. The quantitative estimate of drug-likeness (QED) is 0.530. The first kappa shape index (κ1) is 26.5. The van der Waals surface area contributed by atoms with Crippen molar-refractivity contribution in [2.24, 2.45) is 5.92 Å². The number of likely N-dealkylation sites (tertiary alicyclic amines) is 1. The Bertz CT molecular complexity index is 952. The van der Waals surface area contributed by atoms with E-state index in [1.54, 1.807) is 5.56 Å². The van der Waals surface area contributed by atoms with Crippen LogP contribution in [0, 0.1) is 5.92 Å². The number of aliphatic carboxylic acids is 2. The van der Waals surface area contributed by atoms with E-state index in [1.165, 1.54) is 69.4 Å². The van der Waals surface area contributed by atoms with E-state index in [4.69, 9.17) is 10.2 Å². The second-order valence-electron chi connectivity index (χ2n) is 9.39. The molecule has 2 aromatic carbocycles. The zero-order valence-corrected chi connectivity index (χ0v) is 20.7. The zero-order valence-electron chi connectivity index (χ0n) is 20.7. The summed E-state index contributed by atoms with van der Waals surface area (Å²) in [6, 6.07) is 20.8. The first-order valence-corrected chi connectivity index (χ1v) is 12.7. The van der Waals surface area contributed by atoms with Crippen LogP contribution in [-0.4, -0.2) is 52.7 Å². The van der Waals surface area contributed by atoms with Crippen LogP contribution in [0.25, 0.3) is 0 Å². The number of carbonyl (C=O) groups is 2. The summed E-state index contributed by atoms with van der Waals surface area (Å²) < 4.78 is 0. The fourth-order valence-corrected chi connectivity index (χ4v) is 5.34. The van der Waals surface area contributed by atoms with E-state index in [0.717, 1.165) is 18.5 Å². The molecule has 0 amide bonds. The molecule has 6 heteroatoms. The minimum Gasteiger partial charge on any atom is -0.478 e. The SMILES string of the molecule is CCCN1c2ccccc2CCCC1C1CCN(Cc2ccccc2)CC1.O=C(O)C=CC(=O)O. The number of piperidine rings is 1. The largest absolute Gasteiger partial charge is 0.478 e. The van der Waals surface area contributed by atoms with Gasteiger partial charge in [0.1, 0.15) is 0 Å². The average Bonchev–Trinajstić information content (AvgIpc) is 3.04. The lowest BCUT2D eigenvalue weighted by Crippen LogP contribution is -2.45. The smallest absolute Gasteiger partial charge is 0.328 e. The van der Waals surface area contributed by atoms with Gasteiger partial charge in [-0.3, -0.25) is 4.90 Å². The number of anilines is 1. The third-order valence-electron chi connectivity index (χ3n) is 6.91. The monoisotopic (exact) mass is 478 g/mol. The van der Waals surface area contributed by atoms with Crippen LogP contribution < -0.4 is 4.90 Å². The zero-order chi connectivity index (χ0) is 25.0. The van der Waals surface area contributed by atoms with Crippen LogP contribution >= 0.6 is 0 Å². The molecule has 0 aliphatic carbocycles. The molecule has 0 spiro atoms. The first-order chi connectivity index (χ1) is 17.0. The number of carboxylic acid groups (broad SMARTS) is 2. The molecule has 1 saturated heterocycles. The molecule has 2 heterocycles. The molecule has 188 valence electrons. The molecule has 0 bridgehead atoms.